The van der Waals surface area contributed by atoms with Crippen molar-refractivity contribution in [3.05, 3.63) is 96.8 Å². The van der Waals surface area contributed by atoms with Crippen molar-refractivity contribution in [1.29, 1.82) is 0 Å². The second-order valence-corrected chi connectivity index (χ2v) is 6.03. The lowest BCUT2D eigenvalue weighted by atomic mass is 10.2. The smallest absolute Gasteiger partial charge is 0.163 e. The van der Waals surface area contributed by atoms with E-state index >= 15 is 0 Å². The van der Waals surface area contributed by atoms with Crippen molar-refractivity contribution in [3.8, 4) is 11.4 Å². The lowest BCUT2D eigenvalue weighted by Gasteiger charge is -2.12. The lowest BCUT2D eigenvalue weighted by Crippen LogP contribution is -2.05. The molecular formula is C22H19N5. The number of nitrogens with zero attached hydrogens (tertiary/aromatic N) is 3. The number of hydrogen-bond acceptors (Lipinski definition) is 5. The quantitative estimate of drug-likeness (QED) is 0.516. The standard InChI is InChI=1S/C22H19N5/c1-3-9-18(10-4-1)22-26-20(24-16-17-8-7-13-23-15-17)14-21(27-22)25-19-11-5-2-6-12-19/h1-15H,16H2,(H2,24,25,26,27). The predicted octanol–water partition coefficient (Wildman–Crippen LogP) is 4.89. The Balaban J connectivity index is 1.63. The molecule has 2 N–H and O–H groups in total. The van der Waals surface area contributed by atoms with Crippen molar-refractivity contribution in [3.63, 3.8) is 0 Å². The van der Waals surface area contributed by atoms with Gasteiger partial charge in [-0.2, -0.15) is 0 Å². The van der Waals surface area contributed by atoms with Gasteiger partial charge in [-0.3, -0.25) is 4.98 Å². The van der Waals surface area contributed by atoms with Crippen LogP contribution in [0.1, 0.15) is 5.56 Å². The van der Waals surface area contributed by atoms with Gasteiger partial charge in [0.1, 0.15) is 11.6 Å². The third-order valence-corrected chi connectivity index (χ3v) is 4.00. The third-order valence-electron chi connectivity index (χ3n) is 4.00. The predicted molar refractivity (Wildman–Crippen MR) is 109 cm³/mol. The molecule has 0 aliphatic heterocycles. The van der Waals surface area contributed by atoms with Crippen molar-refractivity contribution >= 4 is 17.3 Å². The first kappa shape index (κ1) is 16.7. The molecule has 27 heavy (non-hydrogen) atoms. The monoisotopic (exact) mass is 353 g/mol. The van der Waals surface area contributed by atoms with Crippen LogP contribution in [-0.2, 0) is 6.54 Å². The molecule has 2 heterocycles. The lowest BCUT2D eigenvalue weighted by molar-refractivity contribution is 1.07. The number of hydrogen-bond donors (Lipinski definition) is 2. The van der Waals surface area contributed by atoms with Crippen LogP contribution in [0.25, 0.3) is 11.4 Å². The van der Waals surface area contributed by atoms with Gasteiger partial charge in [-0.05, 0) is 23.8 Å². The SMILES string of the molecule is c1ccc(Nc2cc(NCc3cccnc3)nc(-c3ccccc3)n2)cc1. The normalized spacial score (nSPS) is 10.4. The zero-order valence-electron chi connectivity index (χ0n) is 14.7. The van der Waals surface area contributed by atoms with Gasteiger partial charge < -0.3 is 10.6 Å². The molecule has 0 saturated carbocycles. The van der Waals surface area contributed by atoms with Gasteiger partial charge in [-0.15, -0.1) is 0 Å². The number of aromatic nitrogens is 3. The Morgan fingerprint density at radius 2 is 1.48 bits per heavy atom. The minimum atomic E-state index is 0.643. The fourth-order valence-electron chi connectivity index (χ4n) is 2.68. The molecular weight excluding hydrogens is 334 g/mol. The highest BCUT2D eigenvalue weighted by Crippen LogP contribution is 2.23. The van der Waals surface area contributed by atoms with Crippen LogP contribution in [0, 0.1) is 0 Å². The van der Waals surface area contributed by atoms with Crippen molar-refractivity contribution in [2.24, 2.45) is 0 Å². The molecule has 0 unspecified atom stereocenters. The molecule has 5 nitrogen and oxygen atoms in total. The highest BCUT2D eigenvalue weighted by Gasteiger charge is 2.07. The molecule has 2 aromatic heterocycles. The fourth-order valence-corrected chi connectivity index (χ4v) is 2.68. The zero-order valence-corrected chi connectivity index (χ0v) is 14.7. The van der Waals surface area contributed by atoms with E-state index in [0.29, 0.717) is 12.4 Å². The first-order valence-corrected chi connectivity index (χ1v) is 8.76. The van der Waals surface area contributed by atoms with E-state index in [1.54, 1.807) is 6.20 Å². The Morgan fingerprint density at radius 3 is 2.22 bits per heavy atom. The first-order valence-electron chi connectivity index (χ1n) is 8.76. The molecule has 0 radical (unpaired) electrons. The number of nitrogens with one attached hydrogen (secondary N) is 2. The summed E-state index contributed by atoms with van der Waals surface area (Å²) in [6.07, 6.45) is 3.61. The van der Waals surface area contributed by atoms with E-state index in [1.165, 1.54) is 0 Å². The third kappa shape index (κ3) is 4.46. The number of pyridine rings is 1. The molecule has 0 spiro atoms. The molecule has 0 bridgehead atoms. The maximum Gasteiger partial charge on any atom is 0.163 e. The van der Waals surface area contributed by atoms with Gasteiger partial charge in [-0.1, -0.05) is 54.6 Å². The number of benzene rings is 2. The van der Waals surface area contributed by atoms with Crippen LogP contribution < -0.4 is 10.6 Å². The van der Waals surface area contributed by atoms with Crippen molar-refractivity contribution in [2.75, 3.05) is 10.6 Å². The molecule has 5 heteroatoms. The van der Waals surface area contributed by atoms with Crippen molar-refractivity contribution in [2.45, 2.75) is 6.54 Å². The molecule has 4 aromatic rings. The molecule has 0 aliphatic rings. The van der Waals surface area contributed by atoms with Crippen LogP contribution in [0.5, 0.6) is 0 Å². The average Bonchev–Trinajstić information content (AvgIpc) is 2.74. The summed E-state index contributed by atoms with van der Waals surface area (Å²) in [6, 6.07) is 25.8. The highest BCUT2D eigenvalue weighted by atomic mass is 15.1. The second-order valence-electron chi connectivity index (χ2n) is 6.03. The van der Waals surface area contributed by atoms with Crippen LogP contribution >= 0.6 is 0 Å². The maximum atomic E-state index is 4.68. The summed E-state index contributed by atoms with van der Waals surface area (Å²) in [7, 11) is 0. The summed E-state index contributed by atoms with van der Waals surface area (Å²) in [6.45, 7) is 0.643. The molecule has 0 amide bonds. The summed E-state index contributed by atoms with van der Waals surface area (Å²) in [5, 5.41) is 6.72. The number of rotatable bonds is 6. The van der Waals surface area contributed by atoms with Gasteiger partial charge in [0.05, 0.1) is 0 Å². The molecule has 0 fully saturated rings. The van der Waals surface area contributed by atoms with E-state index in [0.717, 1.165) is 28.5 Å². The summed E-state index contributed by atoms with van der Waals surface area (Å²) in [4.78, 5) is 13.5. The van der Waals surface area contributed by atoms with E-state index in [9.17, 15) is 0 Å². The largest absolute Gasteiger partial charge is 0.366 e. The molecule has 4 rings (SSSR count). The van der Waals surface area contributed by atoms with E-state index in [2.05, 4.69) is 25.6 Å². The van der Waals surface area contributed by atoms with E-state index in [4.69, 9.17) is 0 Å². The maximum absolute atomic E-state index is 4.68. The first-order chi connectivity index (χ1) is 13.4. The van der Waals surface area contributed by atoms with Gasteiger partial charge in [0, 0.05) is 36.3 Å². The molecule has 132 valence electrons. The van der Waals surface area contributed by atoms with Gasteiger partial charge >= 0.3 is 0 Å². The molecule has 0 saturated heterocycles. The highest BCUT2D eigenvalue weighted by molar-refractivity contribution is 5.65. The van der Waals surface area contributed by atoms with Gasteiger partial charge in [0.25, 0.3) is 0 Å². The topological polar surface area (TPSA) is 62.7 Å². The summed E-state index contributed by atoms with van der Waals surface area (Å²) in [5.41, 5.74) is 3.04. The van der Waals surface area contributed by atoms with Crippen molar-refractivity contribution in [1.82, 2.24) is 15.0 Å². The minimum absolute atomic E-state index is 0.643. The minimum Gasteiger partial charge on any atom is -0.366 e. The molecule has 0 atom stereocenters. The fraction of sp³-hybridized carbons (Fsp3) is 0.0455. The van der Waals surface area contributed by atoms with Crippen LogP contribution in [0.2, 0.25) is 0 Å². The summed E-state index contributed by atoms with van der Waals surface area (Å²) < 4.78 is 0. The van der Waals surface area contributed by atoms with Gasteiger partial charge in [0.2, 0.25) is 0 Å². The van der Waals surface area contributed by atoms with Crippen LogP contribution in [0.4, 0.5) is 17.3 Å². The molecule has 2 aromatic carbocycles. The summed E-state index contributed by atoms with van der Waals surface area (Å²) >= 11 is 0. The van der Waals surface area contributed by atoms with E-state index in [1.807, 2.05) is 85.1 Å². The van der Waals surface area contributed by atoms with Crippen molar-refractivity contribution < 1.29 is 0 Å². The number of para-hydroxylation sites is 1. The van der Waals surface area contributed by atoms with Crippen LogP contribution in [0.3, 0.4) is 0 Å². The summed E-state index contributed by atoms with van der Waals surface area (Å²) in [5.74, 6) is 2.17. The zero-order chi connectivity index (χ0) is 18.3. The Morgan fingerprint density at radius 1 is 0.741 bits per heavy atom. The number of anilines is 3. The second kappa shape index (κ2) is 8.10. The van der Waals surface area contributed by atoms with Gasteiger partial charge in [-0.25, -0.2) is 9.97 Å². The Bertz CT molecular complexity index is 989. The molecule has 0 aliphatic carbocycles. The van der Waals surface area contributed by atoms with Crippen LogP contribution in [0.15, 0.2) is 91.3 Å². The van der Waals surface area contributed by atoms with Crippen LogP contribution in [-0.4, -0.2) is 15.0 Å². The van der Waals surface area contributed by atoms with Gasteiger partial charge in [0.15, 0.2) is 5.82 Å². The van der Waals surface area contributed by atoms with E-state index in [-0.39, 0.29) is 0 Å². The Hall–Kier alpha value is -3.73. The Labute approximate surface area is 158 Å². The van der Waals surface area contributed by atoms with E-state index < -0.39 is 0 Å². The average molecular weight is 353 g/mol. The Kier molecular flexibility index (Phi) is 5.02.